The first-order valence-electron chi connectivity index (χ1n) is 6.82. The van der Waals surface area contributed by atoms with E-state index < -0.39 is 10.0 Å². The number of sulfonamides is 1. The fourth-order valence-corrected chi connectivity index (χ4v) is 4.41. The summed E-state index contributed by atoms with van der Waals surface area (Å²) in [6.07, 6.45) is 6.88. The van der Waals surface area contributed by atoms with E-state index >= 15 is 0 Å². The van der Waals surface area contributed by atoms with Crippen molar-refractivity contribution < 1.29 is 8.42 Å². The van der Waals surface area contributed by atoms with E-state index in [1.54, 1.807) is 0 Å². The Hall–Kier alpha value is -1.13. The number of allylic oxidation sites excluding steroid dienone is 2. The number of hydrogen-bond donors (Lipinski definition) is 1. The molecule has 0 aromatic heterocycles. The van der Waals surface area contributed by atoms with Crippen LogP contribution in [0.1, 0.15) is 18.4 Å². The summed E-state index contributed by atoms with van der Waals surface area (Å²) in [7, 11) is -3.21. The maximum absolute atomic E-state index is 12.0. The van der Waals surface area contributed by atoms with Gasteiger partial charge in [-0.2, -0.15) is 0 Å². The van der Waals surface area contributed by atoms with Crippen molar-refractivity contribution in [2.75, 3.05) is 6.54 Å². The van der Waals surface area contributed by atoms with Gasteiger partial charge in [-0.1, -0.05) is 42.5 Å². The van der Waals surface area contributed by atoms with E-state index in [0.29, 0.717) is 24.3 Å². The molecule has 3 unspecified atom stereocenters. The van der Waals surface area contributed by atoms with Gasteiger partial charge in [-0.05, 0) is 36.2 Å². The Morgan fingerprint density at radius 2 is 1.89 bits per heavy atom. The lowest BCUT2D eigenvalue weighted by atomic mass is 9.94. The van der Waals surface area contributed by atoms with Crippen LogP contribution in [0.15, 0.2) is 42.5 Å². The molecule has 1 N–H and O–H groups in total. The van der Waals surface area contributed by atoms with Gasteiger partial charge >= 0.3 is 0 Å². The molecular weight excluding hydrogens is 258 g/mol. The average Bonchev–Trinajstić information content (AvgIpc) is 2.99. The lowest BCUT2D eigenvalue weighted by Gasteiger charge is -2.18. The van der Waals surface area contributed by atoms with Gasteiger partial charge in [0, 0.05) is 6.54 Å². The highest BCUT2D eigenvalue weighted by molar-refractivity contribution is 7.88. The minimum absolute atomic E-state index is 0.0739. The van der Waals surface area contributed by atoms with E-state index in [4.69, 9.17) is 0 Å². The first-order valence-corrected chi connectivity index (χ1v) is 8.47. The Balaban J connectivity index is 1.56. The van der Waals surface area contributed by atoms with Crippen molar-refractivity contribution in [2.24, 2.45) is 17.8 Å². The quantitative estimate of drug-likeness (QED) is 0.840. The van der Waals surface area contributed by atoms with E-state index in [2.05, 4.69) is 16.9 Å². The zero-order chi connectivity index (χ0) is 13.3. The maximum Gasteiger partial charge on any atom is 0.215 e. The predicted molar refractivity (Wildman–Crippen MR) is 75.9 cm³/mol. The predicted octanol–water partition coefficient (Wildman–Crippen LogP) is 2.32. The number of benzene rings is 1. The van der Waals surface area contributed by atoms with E-state index in [9.17, 15) is 8.42 Å². The largest absolute Gasteiger partial charge is 0.215 e. The normalized spacial score (nSPS) is 28.9. The second-order valence-corrected chi connectivity index (χ2v) is 7.44. The third-order valence-corrected chi connectivity index (χ3v) is 5.50. The lowest BCUT2D eigenvalue weighted by molar-refractivity contribution is 0.440. The minimum atomic E-state index is -3.21. The summed E-state index contributed by atoms with van der Waals surface area (Å²) in [4.78, 5) is 0. The maximum atomic E-state index is 12.0. The minimum Gasteiger partial charge on any atom is -0.215 e. The van der Waals surface area contributed by atoms with Gasteiger partial charge in [0.2, 0.25) is 10.0 Å². The second kappa shape index (κ2) is 5.10. The molecule has 0 amide bonds. The molecule has 19 heavy (non-hydrogen) atoms. The highest BCUT2D eigenvalue weighted by Gasteiger charge is 2.35. The van der Waals surface area contributed by atoms with Crippen LogP contribution in [0.3, 0.4) is 0 Å². The highest BCUT2D eigenvalue weighted by Crippen LogP contribution is 2.42. The summed E-state index contributed by atoms with van der Waals surface area (Å²) in [5.74, 6) is 1.84. The molecule has 102 valence electrons. The smallest absolute Gasteiger partial charge is 0.215 e. The van der Waals surface area contributed by atoms with Crippen molar-refractivity contribution in [1.82, 2.24) is 4.72 Å². The molecule has 1 aromatic rings. The number of nitrogens with one attached hydrogen (secondary N) is 1. The fourth-order valence-electron chi connectivity index (χ4n) is 3.21. The van der Waals surface area contributed by atoms with Crippen LogP contribution in [0.5, 0.6) is 0 Å². The molecule has 0 heterocycles. The monoisotopic (exact) mass is 277 g/mol. The molecule has 2 aliphatic carbocycles. The van der Waals surface area contributed by atoms with Gasteiger partial charge in [0.05, 0.1) is 5.75 Å². The van der Waals surface area contributed by atoms with E-state index in [1.807, 2.05) is 30.3 Å². The standard InChI is InChI=1S/C15H19NO2S/c17-19(18,11-12-4-2-1-3-5-12)16-10-15-9-13-6-7-14(15)8-13/h1-7,13-16H,8-11H2. The van der Waals surface area contributed by atoms with Crippen molar-refractivity contribution in [2.45, 2.75) is 18.6 Å². The molecular formula is C15H19NO2S. The van der Waals surface area contributed by atoms with Crippen molar-refractivity contribution in [1.29, 1.82) is 0 Å². The van der Waals surface area contributed by atoms with Gasteiger partial charge in [-0.25, -0.2) is 13.1 Å². The van der Waals surface area contributed by atoms with Crippen LogP contribution in [-0.4, -0.2) is 15.0 Å². The van der Waals surface area contributed by atoms with Gasteiger partial charge in [0.15, 0.2) is 0 Å². The first kappa shape index (κ1) is 12.9. The third kappa shape index (κ3) is 3.07. The van der Waals surface area contributed by atoms with Gasteiger partial charge in [-0.15, -0.1) is 0 Å². The molecule has 1 fully saturated rings. The van der Waals surface area contributed by atoms with Crippen LogP contribution in [0.25, 0.3) is 0 Å². The summed E-state index contributed by atoms with van der Waals surface area (Å²) in [5.41, 5.74) is 0.836. The van der Waals surface area contributed by atoms with Crippen LogP contribution in [-0.2, 0) is 15.8 Å². The summed E-state index contributed by atoms with van der Waals surface area (Å²) in [6.45, 7) is 0.584. The molecule has 0 saturated heterocycles. The molecule has 3 nitrogen and oxygen atoms in total. The molecule has 3 atom stereocenters. The summed E-state index contributed by atoms with van der Waals surface area (Å²) < 4.78 is 26.8. The lowest BCUT2D eigenvalue weighted by Crippen LogP contribution is -2.31. The van der Waals surface area contributed by atoms with E-state index in [1.165, 1.54) is 6.42 Å². The topological polar surface area (TPSA) is 46.2 Å². The fraction of sp³-hybridized carbons (Fsp3) is 0.467. The Labute approximate surface area is 114 Å². The van der Waals surface area contributed by atoms with Crippen LogP contribution >= 0.6 is 0 Å². The van der Waals surface area contributed by atoms with Crippen LogP contribution < -0.4 is 4.72 Å². The van der Waals surface area contributed by atoms with Crippen molar-refractivity contribution in [3.63, 3.8) is 0 Å². The molecule has 0 aliphatic heterocycles. The van der Waals surface area contributed by atoms with Crippen LogP contribution in [0.2, 0.25) is 0 Å². The summed E-state index contributed by atoms with van der Waals surface area (Å²) in [5, 5.41) is 0. The second-order valence-electron chi connectivity index (χ2n) is 5.63. The molecule has 2 aliphatic rings. The summed E-state index contributed by atoms with van der Waals surface area (Å²) >= 11 is 0. The Morgan fingerprint density at radius 1 is 1.11 bits per heavy atom. The molecule has 3 rings (SSSR count). The molecule has 2 bridgehead atoms. The van der Waals surface area contributed by atoms with Crippen molar-refractivity contribution in [3.8, 4) is 0 Å². The average molecular weight is 277 g/mol. The number of hydrogen-bond acceptors (Lipinski definition) is 2. The van der Waals surface area contributed by atoms with Gasteiger partial charge in [-0.3, -0.25) is 0 Å². The van der Waals surface area contributed by atoms with Crippen molar-refractivity contribution in [3.05, 3.63) is 48.0 Å². The molecule has 4 heteroatoms. The highest BCUT2D eigenvalue weighted by atomic mass is 32.2. The molecule has 0 spiro atoms. The van der Waals surface area contributed by atoms with Crippen LogP contribution in [0, 0.1) is 17.8 Å². The Morgan fingerprint density at radius 3 is 2.53 bits per heavy atom. The van der Waals surface area contributed by atoms with E-state index in [0.717, 1.165) is 12.0 Å². The van der Waals surface area contributed by atoms with Crippen molar-refractivity contribution >= 4 is 10.0 Å². The van der Waals surface area contributed by atoms with Gasteiger partial charge in [0.1, 0.15) is 0 Å². The number of rotatable bonds is 5. The molecule has 1 aromatic carbocycles. The Bertz CT molecular complexity index is 565. The van der Waals surface area contributed by atoms with E-state index in [-0.39, 0.29) is 5.75 Å². The summed E-state index contributed by atoms with van der Waals surface area (Å²) in [6, 6.07) is 9.32. The van der Waals surface area contributed by atoms with Gasteiger partial charge in [0.25, 0.3) is 0 Å². The van der Waals surface area contributed by atoms with Crippen LogP contribution in [0.4, 0.5) is 0 Å². The molecule has 0 radical (unpaired) electrons. The SMILES string of the molecule is O=S(=O)(Cc1ccccc1)NCC1CC2C=CC1C2. The van der Waals surface area contributed by atoms with Gasteiger partial charge < -0.3 is 0 Å². The third-order valence-electron chi connectivity index (χ3n) is 4.18. The Kier molecular flexibility index (Phi) is 3.46. The molecule has 1 saturated carbocycles. The zero-order valence-corrected chi connectivity index (χ0v) is 11.6. The first-order chi connectivity index (χ1) is 9.12. The number of fused-ring (bicyclic) bond motifs is 2. The zero-order valence-electron chi connectivity index (χ0n) is 10.8.